The third-order valence-corrected chi connectivity index (χ3v) is 5.17. The highest BCUT2D eigenvalue weighted by molar-refractivity contribution is 7.15. The fourth-order valence-electron chi connectivity index (χ4n) is 2.69. The number of aromatic nitrogens is 1. The molecule has 1 aromatic carbocycles. The molecule has 0 saturated carbocycles. The highest BCUT2D eigenvalue weighted by Gasteiger charge is 2.34. The highest BCUT2D eigenvalue weighted by atomic mass is 32.1. The summed E-state index contributed by atoms with van der Waals surface area (Å²) in [5.41, 5.74) is 0.352. The summed E-state index contributed by atoms with van der Waals surface area (Å²) in [5, 5.41) is 12.7. The number of nitrogens with zero attached hydrogens (tertiary/aromatic N) is 2. The van der Waals surface area contributed by atoms with Crippen LogP contribution in [-0.4, -0.2) is 29.1 Å². The van der Waals surface area contributed by atoms with Gasteiger partial charge in [0.2, 0.25) is 5.91 Å². The Morgan fingerprint density at radius 2 is 1.96 bits per heavy atom. The molecule has 1 amide bonds. The Labute approximate surface area is 146 Å². The Hall–Kier alpha value is -2.29. The molecule has 9 heteroatoms. The lowest BCUT2D eigenvalue weighted by Gasteiger charge is -2.31. The van der Waals surface area contributed by atoms with E-state index in [1.165, 1.54) is 6.07 Å². The molecule has 0 unspecified atom stereocenters. The summed E-state index contributed by atoms with van der Waals surface area (Å²) in [6, 6.07) is 6.46. The molecule has 1 aliphatic heterocycles. The third kappa shape index (κ3) is 4.04. The van der Waals surface area contributed by atoms with E-state index in [-0.39, 0.29) is 17.6 Å². The number of phenolic OH excluding ortho intramolecular Hbond substituents is 1. The summed E-state index contributed by atoms with van der Waals surface area (Å²) >= 11 is 0.617. The van der Waals surface area contributed by atoms with Crippen LogP contribution in [0.4, 0.5) is 24.0 Å². The number of anilines is 2. The van der Waals surface area contributed by atoms with Gasteiger partial charge in [0.1, 0.15) is 10.6 Å². The van der Waals surface area contributed by atoms with Crippen molar-refractivity contribution < 1.29 is 23.1 Å². The Balaban J connectivity index is 1.57. The van der Waals surface area contributed by atoms with E-state index in [1.54, 1.807) is 23.1 Å². The molecule has 0 radical (unpaired) electrons. The largest absolute Gasteiger partial charge is 0.506 e. The Bertz CT molecular complexity index is 755. The van der Waals surface area contributed by atoms with E-state index < -0.39 is 11.1 Å². The maximum atomic E-state index is 12.7. The number of nitrogens with one attached hydrogen (secondary N) is 1. The van der Waals surface area contributed by atoms with E-state index in [4.69, 9.17) is 0 Å². The number of piperidine rings is 1. The van der Waals surface area contributed by atoms with E-state index in [2.05, 4.69) is 10.3 Å². The summed E-state index contributed by atoms with van der Waals surface area (Å²) < 4.78 is 38.0. The second kappa shape index (κ2) is 6.91. The number of para-hydroxylation sites is 2. The van der Waals surface area contributed by atoms with Crippen molar-refractivity contribution in [3.05, 3.63) is 35.3 Å². The lowest BCUT2D eigenvalue weighted by atomic mass is 9.96. The Morgan fingerprint density at radius 3 is 2.56 bits per heavy atom. The monoisotopic (exact) mass is 371 g/mol. The third-order valence-electron chi connectivity index (χ3n) is 4.07. The molecule has 1 saturated heterocycles. The molecule has 1 aliphatic rings. The molecule has 2 aromatic rings. The Morgan fingerprint density at radius 1 is 1.28 bits per heavy atom. The van der Waals surface area contributed by atoms with Crippen LogP contribution in [-0.2, 0) is 11.0 Å². The topological polar surface area (TPSA) is 65.5 Å². The molecule has 5 nitrogen and oxygen atoms in total. The van der Waals surface area contributed by atoms with Crippen LogP contribution < -0.4 is 10.2 Å². The van der Waals surface area contributed by atoms with Crippen molar-refractivity contribution in [1.29, 1.82) is 0 Å². The summed E-state index contributed by atoms with van der Waals surface area (Å²) in [5.74, 6) is -0.454. The number of aromatic hydroxyl groups is 1. The zero-order chi connectivity index (χ0) is 18.0. The normalized spacial score (nSPS) is 16.0. The summed E-state index contributed by atoms with van der Waals surface area (Å²) in [4.78, 5) is 17.2. The zero-order valence-corrected chi connectivity index (χ0v) is 13.9. The number of thiazole rings is 1. The van der Waals surface area contributed by atoms with Gasteiger partial charge in [-0.05, 0) is 25.0 Å². The molecule has 1 fully saturated rings. The van der Waals surface area contributed by atoms with Crippen molar-refractivity contribution >= 4 is 28.1 Å². The molecule has 0 atom stereocenters. The number of hydrogen-bond donors (Lipinski definition) is 2. The minimum absolute atomic E-state index is 0.00393. The van der Waals surface area contributed by atoms with Gasteiger partial charge in [-0.25, -0.2) is 4.98 Å². The second-order valence-corrected chi connectivity index (χ2v) is 6.78. The Kier molecular flexibility index (Phi) is 4.85. The minimum atomic E-state index is -4.38. The number of carbonyl (C=O) groups is 1. The van der Waals surface area contributed by atoms with Crippen LogP contribution in [0.15, 0.2) is 30.5 Å². The second-order valence-electron chi connectivity index (χ2n) is 5.77. The molecule has 134 valence electrons. The van der Waals surface area contributed by atoms with Gasteiger partial charge in [0.15, 0.2) is 5.13 Å². The standard InChI is InChI=1S/C16H16F3N3O2S/c17-16(18,19)13-9-20-15(25-13)22-7-5-10(6-8-22)14(24)21-11-3-1-2-4-12(11)23/h1-4,9-10,23H,5-8H2,(H,21,24). The van der Waals surface area contributed by atoms with E-state index in [1.807, 2.05) is 0 Å². The first-order valence-corrected chi connectivity index (χ1v) is 8.53. The molecule has 2 N–H and O–H groups in total. The first-order chi connectivity index (χ1) is 11.8. The van der Waals surface area contributed by atoms with Gasteiger partial charge >= 0.3 is 6.18 Å². The number of alkyl halides is 3. The van der Waals surface area contributed by atoms with Gasteiger partial charge in [-0.15, -0.1) is 0 Å². The molecule has 2 heterocycles. The van der Waals surface area contributed by atoms with E-state index in [0.29, 0.717) is 48.1 Å². The van der Waals surface area contributed by atoms with Gasteiger partial charge in [-0.3, -0.25) is 4.79 Å². The number of hydrogen-bond acceptors (Lipinski definition) is 5. The maximum Gasteiger partial charge on any atom is 0.427 e. The van der Waals surface area contributed by atoms with Gasteiger partial charge in [0, 0.05) is 19.0 Å². The quantitative estimate of drug-likeness (QED) is 0.807. The van der Waals surface area contributed by atoms with Crippen molar-refractivity contribution in [3.63, 3.8) is 0 Å². The first-order valence-electron chi connectivity index (χ1n) is 7.71. The summed E-state index contributed by atoms with van der Waals surface area (Å²) in [6.45, 7) is 0.924. The van der Waals surface area contributed by atoms with Crippen molar-refractivity contribution in [2.24, 2.45) is 5.92 Å². The van der Waals surface area contributed by atoms with Crippen LogP contribution in [0.5, 0.6) is 5.75 Å². The molecule has 1 aromatic heterocycles. The van der Waals surface area contributed by atoms with Crippen molar-refractivity contribution in [3.8, 4) is 5.75 Å². The van der Waals surface area contributed by atoms with E-state index in [9.17, 15) is 23.1 Å². The maximum absolute atomic E-state index is 12.7. The summed E-state index contributed by atoms with van der Waals surface area (Å²) in [7, 11) is 0. The van der Waals surface area contributed by atoms with Crippen LogP contribution in [0.25, 0.3) is 0 Å². The smallest absolute Gasteiger partial charge is 0.427 e. The number of rotatable bonds is 3. The van der Waals surface area contributed by atoms with Crippen molar-refractivity contribution in [2.75, 3.05) is 23.3 Å². The molecule has 25 heavy (non-hydrogen) atoms. The minimum Gasteiger partial charge on any atom is -0.506 e. The molecule has 0 aliphatic carbocycles. The van der Waals surface area contributed by atoms with Gasteiger partial charge < -0.3 is 15.3 Å². The molecular weight excluding hydrogens is 355 g/mol. The number of amides is 1. The van der Waals surface area contributed by atoms with Gasteiger partial charge in [0.05, 0.1) is 11.9 Å². The van der Waals surface area contributed by atoms with Crippen LogP contribution in [0.3, 0.4) is 0 Å². The molecule has 3 rings (SSSR count). The predicted molar refractivity (Wildman–Crippen MR) is 88.8 cm³/mol. The molecular formula is C16H16F3N3O2S. The van der Waals surface area contributed by atoms with Gasteiger partial charge in [0.25, 0.3) is 0 Å². The van der Waals surface area contributed by atoms with Crippen molar-refractivity contribution in [2.45, 2.75) is 19.0 Å². The number of carbonyl (C=O) groups excluding carboxylic acids is 1. The summed E-state index contributed by atoms with van der Waals surface area (Å²) in [6.07, 6.45) is -2.51. The number of phenols is 1. The van der Waals surface area contributed by atoms with Crippen LogP contribution in [0.2, 0.25) is 0 Å². The SMILES string of the molecule is O=C(Nc1ccccc1O)C1CCN(c2ncc(C(F)(F)F)s2)CC1. The predicted octanol–water partition coefficient (Wildman–Crippen LogP) is 3.72. The lowest BCUT2D eigenvalue weighted by molar-refractivity contribution is -0.134. The van der Waals surface area contributed by atoms with E-state index >= 15 is 0 Å². The van der Waals surface area contributed by atoms with Gasteiger partial charge in [-0.1, -0.05) is 23.5 Å². The highest BCUT2D eigenvalue weighted by Crippen LogP contribution is 2.37. The fourth-order valence-corrected chi connectivity index (χ4v) is 3.52. The van der Waals surface area contributed by atoms with Crippen molar-refractivity contribution in [1.82, 2.24) is 4.98 Å². The lowest BCUT2D eigenvalue weighted by Crippen LogP contribution is -2.38. The first kappa shape index (κ1) is 17.5. The molecule has 0 bridgehead atoms. The average molecular weight is 371 g/mol. The number of halogens is 3. The fraction of sp³-hybridized carbons (Fsp3) is 0.375. The van der Waals surface area contributed by atoms with Crippen LogP contribution >= 0.6 is 11.3 Å². The molecule has 0 spiro atoms. The van der Waals surface area contributed by atoms with E-state index in [0.717, 1.165) is 6.20 Å². The van der Waals surface area contributed by atoms with Crippen LogP contribution in [0, 0.1) is 5.92 Å². The zero-order valence-electron chi connectivity index (χ0n) is 13.1. The van der Waals surface area contributed by atoms with Gasteiger partial charge in [-0.2, -0.15) is 13.2 Å². The van der Waals surface area contributed by atoms with Crippen LogP contribution in [0.1, 0.15) is 17.7 Å². The average Bonchev–Trinajstić information content (AvgIpc) is 3.07. The number of benzene rings is 1.